The Hall–Kier alpha value is -1.86. The van der Waals surface area contributed by atoms with Crippen LogP contribution in [-0.4, -0.2) is 35.5 Å². The van der Waals surface area contributed by atoms with Gasteiger partial charge in [-0.25, -0.2) is 9.97 Å². The molecule has 0 saturated carbocycles. The lowest BCUT2D eigenvalue weighted by Gasteiger charge is -2.25. The minimum Gasteiger partial charge on any atom is -0.354 e. The average molecular weight is 314 g/mol. The summed E-state index contributed by atoms with van der Waals surface area (Å²) < 4.78 is 39.9. The normalized spacial score (nSPS) is 19.4. The standard InChI is InChI=1S/C14H17F3N4O/c15-14(16,17)12-9-3-1-2-4-10(9)19-13(20-12)21-7-5-11(22)18-6-8-21/h1-8H2,(H,18,22). The molecule has 5 nitrogen and oxygen atoms in total. The summed E-state index contributed by atoms with van der Waals surface area (Å²) in [6.45, 7) is 1.14. The van der Waals surface area contributed by atoms with Crippen molar-refractivity contribution >= 4 is 11.9 Å². The van der Waals surface area contributed by atoms with E-state index in [4.69, 9.17) is 0 Å². The van der Waals surface area contributed by atoms with Gasteiger partial charge < -0.3 is 10.2 Å². The number of carbonyl (C=O) groups is 1. The van der Waals surface area contributed by atoms with Gasteiger partial charge in [0.05, 0.1) is 0 Å². The summed E-state index contributed by atoms with van der Waals surface area (Å²) in [5, 5.41) is 2.69. The highest BCUT2D eigenvalue weighted by atomic mass is 19.4. The van der Waals surface area contributed by atoms with E-state index in [1.54, 1.807) is 4.90 Å². The summed E-state index contributed by atoms with van der Waals surface area (Å²) >= 11 is 0. The van der Waals surface area contributed by atoms with Gasteiger partial charge in [0, 0.05) is 37.3 Å². The van der Waals surface area contributed by atoms with Gasteiger partial charge in [0.15, 0.2) is 5.69 Å². The van der Waals surface area contributed by atoms with E-state index in [2.05, 4.69) is 15.3 Å². The largest absolute Gasteiger partial charge is 0.433 e. The average Bonchev–Trinajstić information content (AvgIpc) is 2.70. The zero-order chi connectivity index (χ0) is 15.7. The van der Waals surface area contributed by atoms with E-state index in [0.29, 0.717) is 38.2 Å². The number of halogens is 3. The summed E-state index contributed by atoms with van der Waals surface area (Å²) in [6.07, 6.45) is -1.72. The van der Waals surface area contributed by atoms with E-state index >= 15 is 0 Å². The fraction of sp³-hybridized carbons (Fsp3) is 0.643. The minimum absolute atomic E-state index is 0.0875. The number of amides is 1. The smallest absolute Gasteiger partial charge is 0.354 e. The van der Waals surface area contributed by atoms with E-state index in [9.17, 15) is 18.0 Å². The molecule has 2 heterocycles. The van der Waals surface area contributed by atoms with Crippen LogP contribution in [0, 0.1) is 0 Å². The number of alkyl halides is 3. The third-order valence-corrected chi connectivity index (χ3v) is 4.04. The summed E-state index contributed by atoms with van der Waals surface area (Å²) in [6, 6.07) is 0. The Morgan fingerprint density at radius 3 is 2.59 bits per heavy atom. The zero-order valence-corrected chi connectivity index (χ0v) is 12.0. The number of carbonyl (C=O) groups excluding carboxylic acids is 1. The number of hydrogen-bond donors (Lipinski definition) is 1. The second-order valence-electron chi connectivity index (χ2n) is 5.59. The van der Waals surface area contributed by atoms with Crippen molar-refractivity contribution in [3.05, 3.63) is 17.0 Å². The molecule has 1 aliphatic carbocycles. The molecule has 22 heavy (non-hydrogen) atoms. The van der Waals surface area contributed by atoms with Gasteiger partial charge >= 0.3 is 6.18 Å². The van der Waals surface area contributed by atoms with Crippen molar-refractivity contribution in [1.29, 1.82) is 0 Å². The quantitative estimate of drug-likeness (QED) is 0.857. The first-order valence-corrected chi connectivity index (χ1v) is 7.44. The molecule has 1 amide bonds. The predicted octanol–water partition coefficient (Wildman–Crippen LogP) is 1.70. The van der Waals surface area contributed by atoms with Crippen molar-refractivity contribution < 1.29 is 18.0 Å². The Morgan fingerprint density at radius 1 is 1.05 bits per heavy atom. The topological polar surface area (TPSA) is 58.1 Å². The molecule has 0 radical (unpaired) electrons. The second kappa shape index (κ2) is 5.73. The molecule has 0 spiro atoms. The highest BCUT2D eigenvalue weighted by molar-refractivity contribution is 5.77. The Labute approximate surface area is 125 Å². The maximum atomic E-state index is 13.3. The van der Waals surface area contributed by atoms with Crippen LogP contribution in [0.1, 0.15) is 36.2 Å². The van der Waals surface area contributed by atoms with Gasteiger partial charge in [-0.2, -0.15) is 13.2 Å². The first-order chi connectivity index (χ1) is 10.4. The number of anilines is 1. The lowest BCUT2D eigenvalue weighted by atomic mass is 9.94. The number of nitrogens with zero attached hydrogens (tertiary/aromatic N) is 3. The van der Waals surface area contributed by atoms with Gasteiger partial charge in [0.1, 0.15) is 0 Å². The molecule has 1 aliphatic heterocycles. The van der Waals surface area contributed by atoms with Crippen LogP contribution in [0.5, 0.6) is 0 Å². The molecule has 0 atom stereocenters. The zero-order valence-electron chi connectivity index (χ0n) is 12.0. The SMILES string of the molecule is O=C1CCN(c2nc3c(c(C(F)(F)F)n2)CCCC3)CCN1. The van der Waals surface area contributed by atoms with E-state index < -0.39 is 11.9 Å². The molecule has 1 fully saturated rings. The molecule has 120 valence electrons. The lowest BCUT2D eigenvalue weighted by molar-refractivity contribution is -0.142. The van der Waals surface area contributed by atoms with Crippen LogP contribution in [0.2, 0.25) is 0 Å². The van der Waals surface area contributed by atoms with Crippen LogP contribution in [0.4, 0.5) is 19.1 Å². The van der Waals surface area contributed by atoms with Crippen LogP contribution in [0.3, 0.4) is 0 Å². The molecule has 1 aromatic heterocycles. The molecule has 2 aliphatic rings. The van der Waals surface area contributed by atoms with Crippen molar-refractivity contribution in [3.63, 3.8) is 0 Å². The first kappa shape index (κ1) is 15.1. The van der Waals surface area contributed by atoms with Gasteiger partial charge in [0.25, 0.3) is 0 Å². The third kappa shape index (κ3) is 3.00. The van der Waals surface area contributed by atoms with Crippen molar-refractivity contribution in [1.82, 2.24) is 15.3 Å². The highest BCUT2D eigenvalue weighted by Gasteiger charge is 2.38. The Morgan fingerprint density at radius 2 is 1.82 bits per heavy atom. The van der Waals surface area contributed by atoms with Crippen LogP contribution in [0.25, 0.3) is 0 Å². The van der Waals surface area contributed by atoms with Crippen molar-refractivity contribution in [2.24, 2.45) is 0 Å². The highest BCUT2D eigenvalue weighted by Crippen LogP contribution is 2.35. The monoisotopic (exact) mass is 314 g/mol. The molecule has 1 N–H and O–H groups in total. The number of rotatable bonds is 1. The molecular formula is C14H17F3N4O. The van der Waals surface area contributed by atoms with Gasteiger partial charge in [-0.3, -0.25) is 4.79 Å². The fourth-order valence-corrected chi connectivity index (χ4v) is 2.92. The van der Waals surface area contributed by atoms with Crippen LogP contribution in [-0.2, 0) is 23.8 Å². The number of nitrogens with one attached hydrogen (secondary N) is 1. The molecule has 8 heteroatoms. The van der Waals surface area contributed by atoms with E-state index in [0.717, 1.165) is 12.8 Å². The molecule has 1 saturated heterocycles. The van der Waals surface area contributed by atoms with Crippen LogP contribution >= 0.6 is 0 Å². The molecule has 3 rings (SSSR count). The summed E-state index contributed by atoms with van der Waals surface area (Å²) in [5.41, 5.74) is -0.0608. The van der Waals surface area contributed by atoms with Gasteiger partial charge in [-0.05, 0) is 25.7 Å². The summed E-state index contributed by atoms with van der Waals surface area (Å²) in [5.74, 6) is -0.0130. The Balaban J connectivity index is 1.99. The summed E-state index contributed by atoms with van der Waals surface area (Å²) in [7, 11) is 0. The van der Waals surface area contributed by atoms with Crippen molar-refractivity contribution in [3.8, 4) is 0 Å². The van der Waals surface area contributed by atoms with Gasteiger partial charge in [-0.1, -0.05) is 0 Å². The van der Waals surface area contributed by atoms with E-state index in [-0.39, 0.29) is 23.8 Å². The molecule has 0 bridgehead atoms. The predicted molar refractivity (Wildman–Crippen MR) is 73.5 cm³/mol. The fourth-order valence-electron chi connectivity index (χ4n) is 2.92. The van der Waals surface area contributed by atoms with Gasteiger partial charge in [0.2, 0.25) is 11.9 Å². The first-order valence-electron chi connectivity index (χ1n) is 7.44. The number of fused-ring (bicyclic) bond motifs is 1. The van der Waals surface area contributed by atoms with Crippen LogP contribution in [0.15, 0.2) is 0 Å². The second-order valence-corrected chi connectivity index (χ2v) is 5.59. The Kier molecular flexibility index (Phi) is 3.92. The molecule has 0 aromatic carbocycles. The Bertz CT molecular complexity index is 588. The van der Waals surface area contributed by atoms with Gasteiger partial charge in [-0.15, -0.1) is 0 Å². The number of aryl methyl sites for hydroxylation is 1. The molecular weight excluding hydrogens is 297 g/mol. The third-order valence-electron chi connectivity index (χ3n) is 4.04. The maximum absolute atomic E-state index is 13.3. The maximum Gasteiger partial charge on any atom is 0.433 e. The lowest BCUT2D eigenvalue weighted by Crippen LogP contribution is -2.31. The minimum atomic E-state index is -4.47. The number of aromatic nitrogens is 2. The van der Waals surface area contributed by atoms with Crippen LogP contribution < -0.4 is 10.2 Å². The van der Waals surface area contributed by atoms with Crippen molar-refractivity contribution in [2.45, 2.75) is 38.3 Å². The molecule has 1 aromatic rings. The van der Waals surface area contributed by atoms with E-state index in [1.165, 1.54) is 0 Å². The summed E-state index contributed by atoms with van der Waals surface area (Å²) in [4.78, 5) is 21.2. The van der Waals surface area contributed by atoms with E-state index in [1.807, 2.05) is 0 Å². The van der Waals surface area contributed by atoms with Crippen molar-refractivity contribution in [2.75, 3.05) is 24.5 Å². The molecule has 0 unspecified atom stereocenters. The number of hydrogen-bond acceptors (Lipinski definition) is 4.